The molecule has 21 heavy (non-hydrogen) atoms. The average Bonchev–Trinajstić information content (AvgIpc) is 2.38. The van der Waals surface area contributed by atoms with Gasteiger partial charge < -0.3 is 10.6 Å². The Hall–Kier alpha value is -1.10. The van der Waals surface area contributed by atoms with Gasteiger partial charge in [-0.05, 0) is 37.6 Å². The predicted octanol–water partition coefficient (Wildman–Crippen LogP) is 2.53. The molecule has 1 aromatic carbocycles. The zero-order valence-electron chi connectivity index (χ0n) is 13.3. The van der Waals surface area contributed by atoms with E-state index in [4.69, 9.17) is 17.3 Å². The van der Waals surface area contributed by atoms with Crippen LogP contribution in [0.4, 0.5) is 0 Å². The van der Waals surface area contributed by atoms with Crippen LogP contribution in [-0.4, -0.2) is 48.9 Å². The van der Waals surface area contributed by atoms with E-state index >= 15 is 0 Å². The number of amides is 1. The van der Waals surface area contributed by atoms with Crippen molar-refractivity contribution in [3.05, 3.63) is 34.9 Å². The second kappa shape index (κ2) is 8.37. The Labute approximate surface area is 132 Å². The third kappa shape index (κ3) is 5.30. The molecule has 0 fully saturated rings. The third-order valence-corrected chi connectivity index (χ3v) is 3.66. The zero-order chi connectivity index (χ0) is 16.0. The highest BCUT2D eigenvalue weighted by molar-refractivity contribution is 6.30. The number of hydrogen-bond donors (Lipinski definition) is 1. The Morgan fingerprint density at radius 1 is 1.38 bits per heavy atom. The van der Waals surface area contributed by atoms with Crippen LogP contribution in [0.3, 0.4) is 0 Å². The molecule has 1 aromatic rings. The van der Waals surface area contributed by atoms with E-state index in [1.54, 1.807) is 19.0 Å². The molecule has 0 heterocycles. The minimum atomic E-state index is -0.0926. The second-order valence-electron chi connectivity index (χ2n) is 5.62. The summed E-state index contributed by atoms with van der Waals surface area (Å²) in [5, 5.41) is 0.688. The molecule has 0 aliphatic rings. The Bertz CT molecular complexity index is 463. The molecule has 0 radical (unpaired) electrons. The molecule has 2 N–H and O–H groups in total. The minimum Gasteiger partial charge on any atom is -0.348 e. The van der Waals surface area contributed by atoms with Gasteiger partial charge in [-0.1, -0.05) is 30.7 Å². The molecule has 5 heteroatoms. The third-order valence-electron chi connectivity index (χ3n) is 3.43. The maximum absolute atomic E-state index is 12.1. The summed E-state index contributed by atoms with van der Waals surface area (Å²) < 4.78 is 0. The van der Waals surface area contributed by atoms with Crippen molar-refractivity contribution < 1.29 is 4.79 Å². The molecule has 0 spiro atoms. The summed E-state index contributed by atoms with van der Waals surface area (Å²) >= 11 is 6.10. The number of carbonyl (C=O) groups excluding carboxylic acids is 1. The number of halogens is 1. The molecule has 4 nitrogen and oxygen atoms in total. The average molecular weight is 312 g/mol. The van der Waals surface area contributed by atoms with Crippen LogP contribution in [0, 0.1) is 0 Å². The number of rotatable bonds is 7. The van der Waals surface area contributed by atoms with Crippen molar-refractivity contribution in [3.8, 4) is 0 Å². The number of nitrogens with two attached hydrogens (primary N) is 1. The van der Waals surface area contributed by atoms with Gasteiger partial charge in [-0.3, -0.25) is 9.69 Å². The van der Waals surface area contributed by atoms with Crippen LogP contribution < -0.4 is 5.73 Å². The zero-order valence-corrected chi connectivity index (χ0v) is 14.1. The van der Waals surface area contributed by atoms with Gasteiger partial charge in [-0.25, -0.2) is 0 Å². The Morgan fingerprint density at radius 3 is 2.52 bits per heavy atom. The lowest BCUT2D eigenvalue weighted by Crippen LogP contribution is -2.44. The maximum Gasteiger partial charge on any atom is 0.236 e. The van der Waals surface area contributed by atoms with E-state index in [0.717, 1.165) is 18.5 Å². The number of hydrogen-bond acceptors (Lipinski definition) is 3. The second-order valence-corrected chi connectivity index (χ2v) is 6.05. The molecule has 0 aliphatic heterocycles. The summed E-state index contributed by atoms with van der Waals surface area (Å²) in [6, 6.07) is 7.60. The standard InChI is InChI=1S/C16H26ClN3O/c1-5-9-20(11-15(21)19(3)4)16(12(2)18)13-7-6-8-14(17)10-13/h6-8,10,12,16H,5,9,11,18H2,1-4H3. The van der Waals surface area contributed by atoms with Crippen molar-refractivity contribution in [2.45, 2.75) is 32.4 Å². The van der Waals surface area contributed by atoms with Crippen LogP contribution in [0.2, 0.25) is 5.02 Å². The molecule has 0 saturated carbocycles. The van der Waals surface area contributed by atoms with Crippen LogP contribution in [0.15, 0.2) is 24.3 Å². The first-order chi connectivity index (χ1) is 9.86. The first-order valence-electron chi connectivity index (χ1n) is 7.32. The minimum absolute atomic E-state index is 0.0208. The van der Waals surface area contributed by atoms with E-state index in [-0.39, 0.29) is 18.0 Å². The van der Waals surface area contributed by atoms with Gasteiger partial charge in [0, 0.05) is 25.2 Å². The molecule has 0 aromatic heterocycles. The van der Waals surface area contributed by atoms with Crippen LogP contribution in [0.1, 0.15) is 31.9 Å². The van der Waals surface area contributed by atoms with E-state index in [0.29, 0.717) is 11.6 Å². The highest BCUT2D eigenvalue weighted by Crippen LogP contribution is 2.26. The quantitative estimate of drug-likeness (QED) is 0.842. The van der Waals surface area contributed by atoms with Crippen LogP contribution in [0.25, 0.3) is 0 Å². The van der Waals surface area contributed by atoms with E-state index in [1.807, 2.05) is 31.2 Å². The fourth-order valence-electron chi connectivity index (χ4n) is 2.46. The first kappa shape index (κ1) is 18.0. The van der Waals surface area contributed by atoms with Crippen LogP contribution in [0.5, 0.6) is 0 Å². The van der Waals surface area contributed by atoms with Gasteiger partial charge in [0.1, 0.15) is 0 Å². The molecule has 1 amide bonds. The van der Waals surface area contributed by atoms with Gasteiger partial charge in [0.2, 0.25) is 5.91 Å². The van der Waals surface area contributed by atoms with Crippen LogP contribution >= 0.6 is 11.6 Å². The number of nitrogens with zero attached hydrogens (tertiary/aromatic N) is 2. The molecule has 0 bridgehead atoms. The monoisotopic (exact) mass is 311 g/mol. The normalized spacial score (nSPS) is 14.0. The lowest BCUT2D eigenvalue weighted by Gasteiger charge is -2.34. The summed E-state index contributed by atoms with van der Waals surface area (Å²) in [5.41, 5.74) is 7.25. The molecule has 2 unspecified atom stereocenters. The number of likely N-dealkylation sites (N-methyl/N-ethyl adjacent to an activating group) is 1. The summed E-state index contributed by atoms with van der Waals surface area (Å²) in [4.78, 5) is 15.8. The molecule has 118 valence electrons. The van der Waals surface area contributed by atoms with Gasteiger partial charge >= 0.3 is 0 Å². The Balaban J connectivity index is 3.05. The lowest BCUT2D eigenvalue weighted by atomic mass is 9.98. The van der Waals surface area contributed by atoms with Gasteiger partial charge in [0.25, 0.3) is 0 Å². The smallest absolute Gasteiger partial charge is 0.236 e. The Morgan fingerprint density at radius 2 is 2.05 bits per heavy atom. The van der Waals surface area contributed by atoms with Gasteiger partial charge in [-0.15, -0.1) is 0 Å². The molecule has 2 atom stereocenters. The van der Waals surface area contributed by atoms with Crippen molar-refractivity contribution in [3.63, 3.8) is 0 Å². The summed E-state index contributed by atoms with van der Waals surface area (Å²) in [5.74, 6) is 0.0797. The number of benzene rings is 1. The van der Waals surface area contributed by atoms with Crippen molar-refractivity contribution >= 4 is 17.5 Å². The molecular formula is C16H26ClN3O. The summed E-state index contributed by atoms with van der Waals surface area (Å²) in [7, 11) is 3.54. The van der Waals surface area contributed by atoms with E-state index < -0.39 is 0 Å². The predicted molar refractivity (Wildman–Crippen MR) is 88.4 cm³/mol. The van der Waals surface area contributed by atoms with Gasteiger partial charge in [0.05, 0.1) is 12.6 Å². The van der Waals surface area contributed by atoms with Crippen molar-refractivity contribution in [2.24, 2.45) is 5.73 Å². The largest absolute Gasteiger partial charge is 0.348 e. The SMILES string of the molecule is CCCN(CC(=O)N(C)C)C(c1cccc(Cl)c1)C(C)N. The number of carbonyl (C=O) groups is 1. The molecule has 1 rings (SSSR count). The molecule has 0 aliphatic carbocycles. The van der Waals surface area contributed by atoms with Gasteiger partial charge in [-0.2, -0.15) is 0 Å². The fraction of sp³-hybridized carbons (Fsp3) is 0.562. The van der Waals surface area contributed by atoms with Gasteiger partial charge in [0.15, 0.2) is 0 Å². The highest BCUT2D eigenvalue weighted by atomic mass is 35.5. The van der Waals surface area contributed by atoms with Crippen molar-refractivity contribution in [2.75, 3.05) is 27.2 Å². The van der Waals surface area contributed by atoms with Crippen LogP contribution in [-0.2, 0) is 4.79 Å². The summed E-state index contributed by atoms with van der Waals surface area (Å²) in [6.45, 7) is 5.25. The molecular weight excluding hydrogens is 286 g/mol. The first-order valence-corrected chi connectivity index (χ1v) is 7.69. The molecule has 0 saturated heterocycles. The summed E-state index contributed by atoms with van der Waals surface area (Å²) in [6.07, 6.45) is 0.963. The lowest BCUT2D eigenvalue weighted by molar-refractivity contribution is -0.130. The van der Waals surface area contributed by atoms with E-state index in [9.17, 15) is 4.79 Å². The van der Waals surface area contributed by atoms with E-state index in [1.165, 1.54) is 0 Å². The van der Waals surface area contributed by atoms with E-state index in [2.05, 4.69) is 11.8 Å². The Kier molecular flexibility index (Phi) is 7.15. The maximum atomic E-state index is 12.1. The van der Waals surface area contributed by atoms with Crippen molar-refractivity contribution in [1.29, 1.82) is 0 Å². The topological polar surface area (TPSA) is 49.6 Å². The van der Waals surface area contributed by atoms with Crippen molar-refractivity contribution in [1.82, 2.24) is 9.80 Å². The fourth-order valence-corrected chi connectivity index (χ4v) is 2.66. The highest BCUT2D eigenvalue weighted by Gasteiger charge is 2.26.